The summed E-state index contributed by atoms with van der Waals surface area (Å²) in [6, 6.07) is 3.48. The molecule has 1 N–H and O–H groups in total. The summed E-state index contributed by atoms with van der Waals surface area (Å²) in [4.78, 5) is 47.5. The van der Waals surface area contributed by atoms with Gasteiger partial charge in [0.1, 0.15) is 6.10 Å². The van der Waals surface area contributed by atoms with E-state index in [-0.39, 0.29) is 22.8 Å². The topological polar surface area (TPSA) is 101 Å². The Kier molecular flexibility index (Phi) is 6.22. The molecule has 2 unspecified atom stereocenters. The largest absolute Gasteiger partial charge is 0.478 e. The quantitative estimate of drug-likeness (QED) is 0.631. The van der Waals surface area contributed by atoms with Crippen LogP contribution in [0.15, 0.2) is 18.2 Å². The maximum atomic E-state index is 11.9. The number of ketones is 1. The molecule has 0 aliphatic carbocycles. The number of hydrogen-bond donors (Lipinski definition) is 1. The minimum Gasteiger partial charge on any atom is -0.478 e. The van der Waals surface area contributed by atoms with Gasteiger partial charge in [-0.15, -0.1) is 0 Å². The predicted octanol–water partition coefficient (Wildman–Crippen LogP) is 2.06. The van der Waals surface area contributed by atoms with E-state index in [1.54, 1.807) is 14.0 Å². The minimum atomic E-state index is -1.16. The van der Waals surface area contributed by atoms with Gasteiger partial charge in [-0.1, -0.05) is 6.07 Å². The molecular weight excluding hydrogens is 314 g/mol. The fourth-order valence-corrected chi connectivity index (χ4v) is 2.33. The summed E-state index contributed by atoms with van der Waals surface area (Å²) in [6.07, 6.45) is -0.891. The Morgan fingerprint density at radius 3 is 2.12 bits per heavy atom. The summed E-state index contributed by atoms with van der Waals surface area (Å²) in [6.45, 7) is 5.59. The van der Waals surface area contributed by atoms with Crippen molar-refractivity contribution in [2.75, 3.05) is 7.05 Å². The van der Waals surface area contributed by atoms with Crippen molar-refractivity contribution >= 4 is 23.6 Å². The molecule has 24 heavy (non-hydrogen) atoms. The minimum absolute atomic E-state index is 0.0434. The smallest absolute Gasteiger partial charge is 0.335 e. The number of carbonyl (C=O) groups excluding carboxylic acids is 3. The number of Topliss-reactive ketones (excluding diaryl/α,β-unsaturated/α-hetero) is 1. The first-order valence-electron chi connectivity index (χ1n) is 7.35. The van der Waals surface area contributed by atoms with Gasteiger partial charge >= 0.3 is 11.9 Å². The molecule has 0 aromatic heterocycles. The fraction of sp³-hybridized carbons (Fsp3) is 0.412. The number of carbonyl (C=O) groups is 4. The lowest BCUT2D eigenvalue weighted by Crippen LogP contribution is -2.39. The molecule has 0 saturated carbocycles. The van der Waals surface area contributed by atoms with E-state index in [1.165, 1.54) is 43.9 Å². The molecule has 7 heteroatoms. The Hall–Kier alpha value is -2.70. The molecule has 1 rings (SSSR count). The van der Waals surface area contributed by atoms with Crippen molar-refractivity contribution < 1.29 is 29.0 Å². The third kappa shape index (κ3) is 4.41. The van der Waals surface area contributed by atoms with Crippen LogP contribution in [0.1, 0.15) is 60.1 Å². The van der Waals surface area contributed by atoms with Gasteiger partial charge in [-0.25, -0.2) is 4.79 Å². The number of nitrogens with zero attached hydrogens (tertiary/aromatic N) is 1. The lowest BCUT2D eigenvalue weighted by atomic mass is 9.93. The molecular formula is C17H21NO6. The van der Waals surface area contributed by atoms with Crippen molar-refractivity contribution in [2.45, 2.75) is 39.8 Å². The molecule has 0 radical (unpaired) electrons. The highest BCUT2D eigenvalue weighted by molar-refractivity contribution is 5.99. The SMILES string of the molecule is CC(=O)OC(c1ccc(C(=O)O)cc1C(C)=O)C(C)N(C)C(C)=O. The monoisotopic (exact) mass is 335 g/mol. The van der Waals surface area contributed by atoms with E-state index < -0.39 is 24.1 Å². The van der Waals surface area contributed by atoms with Gasteiger partial charge in [-0.05, 0) is 26.0 Å². The number of hydrogen-bond acceptors (Lipinski definition) is 5. The molecule has 1 amide bonds. The number of aromatic carboxylic acids is 1. The lowest BCUT2D eigenvalue weighted by Gasteiger charge is -2.32. The molecule has 0 saturated heterocycles. The normalized spacial score (nSPS) is 12.9. The molecule has 7 nitrogen and oxygen atoms in total. The highest BCUT2D eigenvalue weighted by Crippen LogP contribution is 2.29. The highest BCUT2D eigenvalue weighted by Gasteiger charge is 2.30. The molecule has 0 fully saturated rings. The van der Waals surface area contributed by atoms with Crippen LogP contribution in [0.4, 0.5) is 0 Å². The van der Waals surface area contributed by atoms with Gasteiger partial charge in [0.05, 0.1) is 11.6 Å². The van der Waals surface area contributed by atoms with Gasteiger partial charge < -0.3 is 14.7 Å². The van der Waals surface area contributed by atoms with Crippen LogP contribution >= 0.6 is 0 Å². The van der Waals surface area contributed by atoms with E-state index in [4.69, 9.17) is 9.84 Å². The van der Waals surface area contributed by atoms with Crippen molar-refractivity contribution in [2.24, 2.45) is 0 Å². The standard InChI is InChI=1S/C17H21NO6/c1-9(18(5)11(3)20)16(24-12(4)21)14-7-6-13(17(22)23)8-15(14)10(2)19/h6-9,16H,1-5H3,(H,22,23). The van der Waals surface area contributed by atoms with Crippen LogP contribution in [0.5, 0.6) is 0 Å². The van der Waals surface area contributed by atoms with E-state index in [9.17, 15) is 19.2 Å². The lowest BCUT2D eigenvalue weighted by molar-refractivity contribution is -0.152. The summed E-state index contributed by atoms with van der Waals surface area (Å²) in [5, 5.41) is 9.09. The van der Waals surface area contributed by atoms with Crippen molar-refractivity contribution in [3.63, 3.8) is 0 Å². The molecule has 1 aromatic rings. The zero-order valence-electron chi connectivity index (χ0n) is 14.3. The average Bonchev–Trinajstić information content (AvgIpc) is 2.50. The van der Waals surface area contributed by atoms with Crippen LogP contribution in [-0.2, 0) is 14.3 Å². The van der Waals surface area contributed by atoms with Gasteiger partial charge in [0.2, 0.25) is 5.91 Å². The Morgan fingerprint density at radius 2 is 1.71 bits per heavy atom. The second kappa shape index (κ2) is 7.72. The van der Waals surface area contributed by atoms with Gasteiger partial charge in [-0.3, -0.25) is 14.4 Å². The summed E-state index contributed by atoms with van der Waals surface area (Å²) < 4.78 is 5.33. The van der Waals surface area contributed by atoms with Crippen molar-refractivity contribution in [3.05, 3.63) is 34.9 Å². The maximum absolute atomic E-state index is 11.9. The van der Waals surface area contributed by atoms with Gasteiger partial charge in [-0.2, -0.15) is 0 Å². The van der Waals surface area contributed by atoms with E-state index in [2.05, 4.69) is 0 Å². The predicted molar refractivity (Wildman–Crippen MR) is 85.8 cm³/mol. The number of likely N-dealkylation sites (N-methyl/N-ethyl adjacent to an activating group) is 1. The van der Waals surface area contributed by atoms with Crippen molar-refractivity contribution in [3.8, 4) is 0 Å². The van der Waals surface area contributed by atoms with Crippen LogP contribution in [0, 0.1) is 0 Å². The van der Waals surface area contributed by atoms with Crippen molar-refractivity contribution in [1.82, 2.24) is 4.90 Å². The van der Waals surface area contributed by atoms with E-state index in [1.807, 2.05) is 0 Å². The maximum Gasteiger partial charge on any atom is 0.335 e. The highest BCUT2D eigenvalue weighted by atomic mass is 16.5. The number of esters is 1. The molecule has 1 aromatic carbocycles. The first-order valence-corrected chi connectivity index (χ1v) is 7.35. The zero-order valence-corrected chi connectivity index (χ0v) is 14.3. The van der Waals surface area contributed by atoms with E-state index in [0.29, 0.717) is 5.56 Å². The third-order valence-electron chi connectivity index (χ3n) is 3.82. The first-order chi connectivity index (χ1) is 11.1. The fourth-order valence-electron chi connectivity index (χ4n) is 2.33. The number of carboxylic acids is 1. The average molecular weight is 335 g/mol. The van der Waals surface area contributed by atoms with Crippen LogP contribution in [-0.4, -0.2) is 46.7 Å². The Balaban J connectivity index is 3.47. The van der Waals surface area contributed by atoms with Gasteiger partial charge in [0, 0.05) is 32.0 Å². The molecule has 0 aliphatic rings. The van der Waals surface area contributed by atoms with Crippen LogP contribution in [0.25, 0.3) is 0 Å². The summed E-state index contributed by atoms with van der Waals surface area (Å²) >= 11 is 0. The van der Waals surface area contributed by atoms with Gasteiger partial charge in [0.15, 0.2) is 5.78 Å². The first kappa shape index (κ1) is 19.3. The number of amides is 1. The van der Waals surface area contributed by atoms with Gasteiger partial charge in [0.25, 0.3) is 0 Å². The Labute approximate surface area is 140 Å². The molecule has 2 atom stereocenters. The second-order valence-electron chi connectivity index (χ2n) is 5.56. The molecule has 130 valence electrons. The number of benzene rings is 1. The molecule has 0 heterocycles. The third-order valence-corrected chi connectivity index (χ3v) is 3.82. The van der Waals surface area contributed by atoms with Crippen LogP contribution in [0.3, 0.4) is 0 Å². The second-order valence-corrected chi connectivity index (χ2v) is 5.56. The number of ether oxygens (including phenoxy) is 1. The van der Waals surface area contributed by atoms with Crippen LogP contribution in [0.2, 0.25) is 0 Å². The summed E-state index contributed by atoms with van der Waals surface area (Å²) in [5.41, 5.74) is 0.464. The van der Waals surface area contributed by atoms with Crippen molar-refractivity contribution in [1.29, 1.82) is 0 Å². The number of carboxylic acid groups (broad SMARTS) is 1. The van der Waals surface area contributed by atoms with E-state index in [0.717, 1.165) is 0 Å². The van der Waals surface area contributed by atoms with E-state index >= 15 is 0 Å². The molecule has 0 bridgehead atoms. The Morgan fingerprint density at radius 1 is 1.12 bits per heavy atom. The van der Waals surface area contributed by atoms with Crippen LogP contribution < -0.4 is 0 Å². The summed E-state index contributed by atoms with van der Waals surface area (Å²) in [5.74, 6) is -2.32. The number of rotatable bonds is 6. The molecule has 0 aliphatic heterocycles. The zero-order chi connectivity index (χ0) is 18.6. The Bertz CT molecular complexity index is 682. The molecule has 0 spiro atoms. The summed E-state index contributed by atoms with van der Waals surface area (Å²) in [7, 11) is 1.56.